The standard InChI is InChI=1S/C28H24N2O3/c29-15-18-2-1-3-22(10-18)25-12-20(11-24-8-9-32-28(24)25)17-33-27-13-19(16-30)4-5-23(27)14-26(31)21-6-7-21/h1-5,8-13,31H,6-7,14-15,17,29H2. The summed E-state index contributed by atoms with van der Waals surface area (Å²) in [5.74, 6) is 1.02. The highest BCUT2D eigenvalue weighted by molar-refractivity contribution is 5.93. The summed E-state index contributed by atoms with van der Waals surface area (Å²) < 4.78 is 12.0. The van der Waals surface area contributed by atoms with Crippen molar-refractivity contribution >= 4 is 11.0 Å². The number of allylic oxidation sites excluding steroid dienone is 2. The molecule has 1 aliphatic rings. The fourth-order valence-corrected chi connectivity index (χ4v) is 4.03. The molecule has 164 valence electrons. The molecule has 5 heteroatoms. The number of aliphatic hydroxyl groups excluding tert-OH is 1. The van der Waals surface area contributed by atoms with E-state index in [2.05, 4.69) is 18.2 Å². The lowest BCUT2D eigenvalue weighted by Crippen LogP contribution is -2.01. The highest BCUT2D eigenvalue weighted by Crippen LogP contribution is 2.35. The Bertz CT molecular complexity index is 1400. The molecule has 0 atom stereocenters. The first-order chi connectivity index (χ1) is 16.1. The van der Waals surface area contributed by atoms with Crippen LogP contribution in [0.3, 0.4) is 0 Å². The van der Waals surface area contributed by atoms with E-state index in [0.717, 1.165) is 57.2 Å². The number of hydrogen-bond donors (Lipinski definition) is 2. The molecule has 3 aromatic carbocycles. The van der Waals surface area contributed by atoms with Gasteiger partial charge in [-0.2, -0.15) is 5.26 Å². The number of fused-ring (bicyclic) bond motifs is 1. The molecule has 5 nitrogen and oxygen atoms in total. The Balaban J connectivity index is 1.47. The maximum absolute atomic E-state index is 10.3. The van der Waals surface area contributed by atoms with Crippen LogP contribution in [-0.4, -0.2) is 5.11 Å². The molecule has 33 heavy (non-hydrogen) atoms. The average Bonchev–Trinajstić information content (AvgIpc) is 3.60. The average molecular weight is 437 g/mol. The van der Waals surface area contributed by atoms with Gasteiger partial charge in [0.15, 0.2) is 0 Å². The normalized spacial score (nSPS) is 12.5. The molecule has 1 aliphatic carbocycles. The first-order valence-corrected chi connectivity index (χ1v) is 11.0. The van der Waals surface area contributed by atoms with E-state index in [4.69, 9.17) is 14.9 Å². The zero-order chi connectivity index (χ0) is 22.8. The first-order valence-electron chi connectivity index (χ1n) is 11.0. The molecular weight excluding hydrogens is 412 g/mol. The first kappa shape index (κ1) is 20.9. The number of nitrogens with two attached hydrogens (primary N) is 1. The van der Waals surface area contributed by atoms with Gasteiger partial charge >= 0.3 is 0 Å². The number of nitrogens with zero attached hydrogens (tertiary/aromatic N) is 1. The number of hydrogen-bond acceptors (Lipinski definition) is 5. The number of ether oxygens (including phenoxy) is 1. The second-order valence-electron chi connectivity index (χ2n) is 8.34. The minimum Gasteiger partial charge on any atom is -0.512 e. The molecule has 0 saturated heterocycles. The molecule has 0 bridgehead atoms. The zero-order valence-electron chi connectivity index (χ0n) is 18.2. The van der Waals surface area contributed by atoms with Crippen LogP contribution in [0.1, 0.15) is 35.1 Å². The van der Waals surface area contributed by atoms with Gasteiger partial charge in [-0.3, -0.25) is 0 Å². The smallest absolute Gasteiger partial charge is 0.141 e. The van der Waals surface area contributed by atoms with Crippen molar-refractivity contribution in [3.63, 3.8) is 0 Å². The number of rotatable bonds is 7. The molecule has 1 fully saturated rings. The molecule has 1 heterocycles. The predicted molar refractivity (Wildman–Crippen MR) is 128 cm³/mol. The van der Waals surface area contributed by atoms with Gasteiger partial charge in [0.05, 0.1) is 23.7 Å². The van der Waals surface area contributed by atoms with Gasteiger partial charge in [-0.05, 0) is 71.5 Å². The maximum Gasteiger partial charge on any atom is 0.141 e. The zero-order valence-corrected chi connectivity index (χ0v) is 18.2. The topological polar surface area (TPSA) is 92.4 Å². The van der Waals surface area contributed by atoms with Crippen molar-refractivity contribution in [2.24, 2.45) is 5.73 Å². The van der Waals surface area contributed by atoms with Gasteiger partial charge in [-0.25, -0.2) is 0 Å². The van der Waals surface area contributed by atoms with E-state index in [1.165, 1.54) is 0 Å². The van der Waals surface area contributed by atoms with Crippen LogP contribution in [0.5, 0.6) is 5.75 Å². The summed E-state index contributed by atoms with van der Waals surface area (Å²) in [4.78, 5) is 0. The lowest BCUT2D eigenvalue weighted by molar-refractivity contribution is 0.301. The minimum absolute atomic E-state index is 0.323. The molecule has 5 rings (SSSR count). The van der Waals surface area contributed by atoms with E-state index < -0.39 is 0 Å². The Morgan fingerprint density at radius 1 is 1.06 bits per heavy atom. The summed E-state index contributed by atoms with van der Waals surface area (Å²) >= 11 is 0. The third-order valence-electron chi connectivity index (χ3n) is 5.94. The van der Waals surface area contributed by atoms with Crippen molar-refractivity contribution in [3.05, 3.63) is 101 Å². The van der Waals surface area contributed by atoms with Crippen molar-refractivity contribution in [1.29, 1.82) is 5.26 Å². The Morgan fingerprint density at radius 3 is 2.73 bits per heavy atom. The summed E-state index contributed by atoms with van der Waals surface area (Å²) in [5.41, 5.74) is 13.2. The van der Waals surface area contributed by atoms with Crippen molar-refractivity contribution in [3.8, 4) is 22.9 Å². The molecule has 1 aromatic heterocycles. The minimum atomic E-state index is 0.323. The largest absolute Gasteiger partial charge is 0.512 e. The van der Waals surface area contributed by atoms with Crippen molar-refractivity contribution < 1.29 is 14.3 Å². The fourth-order valence-electron chi connectivity index (χ4n) is 4.03. The molecule has 4 aromatic rings. The lowest BCUT2D eigenvalue weighted by Gasteiger charge is -2.13. The van der Waals surface area contributed by atoms with Gasteiger partial charge in [-0.15, -0.1) is 0 Å². The van der Waals surface area contributed by atoms with E-state index in [0.29, 0.717) is 36.6 Å². The molecule has 0 amide bonds. The lowest BCUT2D eigenvalue weighted by atomic mass is 9.99. The van der Waals surface area contributed by atoms with Gasteiger partial charge in [0.2, 0.25) is 0 Å². The quantitative estimate of drug-likeness (QED) is 0.339. The van der Waals surface area contributed by atoms with E-state index in [1.54, 1.807) is 18.4 Å². The van der Waals surface area contributed by atoms with Gasteiger partial charge in [0.1, 0.15) is 17.9 Å². The number of furan rings is 1. The van der Waals surface area contributed by atoms with Gasteiger partial charge in [0.25, 0.3) is 0 Å². The predicted octanol–water partition coefficient (Wildman–Crippen LogP) is 6.16. The number of benzene rings is 3. The van der Waals surface area contributed by atoms with E-state index in [-0.39, 0.29) is 0 Å². The molecule has 0 spiro atoms. The Kier molecular flexibility index (Phi) is 5.60. The number of nitriles is 1. The molecule has 1 saturated carbocycles. The van der Waals surface area contributed by atoms with Crippen LogP contribution < -0.4 is 10.5 Å². The number of aliphatic hydroxyl groups is 1. The van der Waals surface area contributed by atoms with Crippen LogP contribution in [0.25, 0.3) is 22.1 Å². The van der Waals surface area contributed by atoms with Crippen LogP contribution in [0.4, 0.5) is 0 Å². The Morgan fingerprint density at radius 2 is 1.94 bits per heavy atom. The second kappa shape index (κ2) is 8.85. The van der Waals surface area contributed by atoms with E-state index >= 15 is 0 Å². The summed E-state index contributed by atoms with van der Waals surface area (Å²) in [5, 5.41) is 20.6. The Hall–Kier alpha value is -4.01. The van der Waals surface area contributed by atoms with Crippen molar-refractivity contribution in [1.82, 2.24) is 0 Å². The molecule has 0 aliphatic heterocycles. The van der Waals surface area contributed by atoms with Crippen molar-refractivity contribution in [2.75, 3.05) is 0 Å². The maximum atomic E-state index is 10.3. The van der Waals surface area contributed by atoms with Crippen LogP contribution in [0, 0.1) is 11.3 Å². The van der Waals surface area contributed by atoms with Crippen LogP contribution in [0.15, 0.2) is 82.7 Å². The second-order valence-corrected chi connectivity index (χ2v) is 8.34. The summed E-state index contributed by atoms with van der Waals surface area (Å²) in [7, 11) is 0. The molecule has 3 N–H and O–H groups in total. The van der Waals surface area contributed by atoms with Crippen LogP contribution >= 0.6 is 0 Å². The highest BCUT2D eigenvalue weighted by atomic mass is 16.5. The van der Waals surface area contributed by atoms with E-state index in [9.17, 15) is 10.4 Å². The Labute approximate surface area is 192 Å². The monoisotopic (exact) mass is 436 g/mol. The van der Waals surface area contributed by atoms with Crippen LogP contribution in [0.2, 0.25) is 0 Å². The summed E-state index contributed by atoms with van der Waals surface area (Å²) in [6, 6.07) is 21.7. The van der Waals surface area contributed by atoms with Gasteiger partial charge in [0, 0.05) is 29.5 Å². The van der Waals surface area contributed by atoms with Crippen molar-refractivity contribution in [2.45, 2.75) is 32.4 Å². The summed E-state index contributed by atoms with van der Waals surface area (Å²) in [6.45, 7) is 0.795. The van der Waals surface area contributed by atoms with E-state index in [1.807, 2.05) is 36.4 Å². The van der Waals surface area contributed by atoms with Gasteiger partial charge < -0.3 is 20.0 Å². The third-order valence-corrected chi connectivity index (χ3v) is 5.94. The molecule has 0 unspecified atom stereocenters. The SMILES string of the molecule is N#Cc1ccc(CC(O)=C2CC2)c(OCc2cc(-c3cccc(CN)c3)c3occc3c2)c1. The van der Waals surface area contributed by atoms with Gasteiger partial charge in [-0.1, -0.05) is 24.3 Å². The molecular formula is C28H24N2O3. The highest BCUT2D eigenvalue weighted by Gasteiger charge is 2.19. The third kappa shape index (κ3) is 4.48. The molecule has 0 radical (unpaired) electrons. The fraction of sp³-hybridized carbons (Fsp3) is 0.179. The van der Waals surface area contributed by atoms with Crippen LogP contribution in [-0.2, 0) is 19.6 Å². The summed E-state index contributed by atoms with van der Waals surface area (Å²) in [6.07, 6.45) is 4.01.